The van der Waals surface area contributed by atoms with Gasteiger partial charge in [0.1, 0.15) is 0 Å². The van der Waals surface area contributed by atoms with Crippen LogP contribution >= 0.6 is 0 Å². The van der Waals surface area contributed by atoms with Crippen LogP contribution in [0.5, 0.6) is 0 Å². The summed E-state index contributed by atoms with van der Waals surface area (Å²) in [4.78, 5) is 23.6. The van der Waals surface area contributed by atoms with Crippen molar-refractivity contribution in [2.24, 2.45) is 5.92 Å². The summed E-state index contributed by atoms with van der Waals surface area (Å²) in [6.45, 7) is 2.30. The van der Waals surface area contributed by atoms with E-state index in [0.717, 1.165) is 25.7 Å². The lowest BCUT2D eigenvalue weighted by Crippen LogP contribution is -2.48. The third-order valence-corrected chi connectivity index (χ3v) is 4.65. The van der Waals surface area contributed by atoms with Crippen molar-refractivity contribution in [3.63, 3.8) is 0 Å². The van der Waals surface area contributed by atoms with Gasteiger partial charge in [-0.05, 0) is 31.6 Å². The molecule has 0 aliphatic heterocycles. The Kier molecular flexibility index (Phi) is 6.33. The van der Waals surface area contributed by atoms with E-state index in [-0.39, 0.29) is 24.5 Å². The molecule has 0 aromatic rings. The average molecular weight is 295 g/mol. The Morgan fingerprint density at radius 1 is 0.905 bits per heavy atom. The van der Waals surface area contributed by atoms with Gasteiger partial charge in [-0.2, -0.15) is 0 Å². The summed E-state index contributed by atoms with van der Waals surface area (Å²) < 4.78 is 0. The summed E-state index contributed by atoms with van der Waals surface area (Å²) in [7, 11) is 0. The fourth-order valence-electron chi connectivity index (χ4n) is 3.49. The van der Waals surface area contributed by atoms with Gasteiger partial charge in [0.25, 0.3) is 0 Å². The third kappa shape index (κ3) is 5.94. The molecule has 2 aliphatic rings. The van der Waals surface area contributed by atoms with Crippen molar-refractivity contribution < 1.29 is 9.59 Å². The van der Waals surface area contributed by atoms with Crippen molar-refractivity contribution in [2.45, 2.75) is 76.8 Å². The van der Waals surface area contributed by atoms with E-state index in [4.69, 9.17) is 0 Å². The van der Waals surface area contributed by atoms with Crippen LogP contribution in [0.2, 0.25) is 0 Å². The number of amides is 3. The van der Waals surface area contributed by atoms with Crippen molar-refractivity contribution >= 4 is 11.9 Å². The molecule has 2 aliphatic carbocycles. The molecule has 3 N–H and O–H groups in total. The maximum atomic E-state index is 11.8. The maximum absolute atomic E-state index is 11.8. The van der Waals surface area contributed by atoms with Crippen LogP contribution in [0.15, 0.2) is 0 Å². The lowest BCUT2D eigenvalue weighted by Gasteiger charge is -2.27. The van der Waals surface area contributed by atoms with Gasteiger partial charge in [0.15, 0.2) is 0 Å². The molecule has 21 heavy (non-hydrogen) atoms. The molecule has 2 atom stereocenters. The van der Waals surface area contributed by atoms with E-state index in [2.05, 4.69) is 22.9 Å². The van der Waals surface area contributed by atoms with Crippen LogP contribution in [0.3, 0.4) is 0 Å². The highest BCUT2D eigenvalue weighted by atomic mass is 16.2. The highest BCUT2D eigenvalue weighted by Gasteiger charge is 2.21. The molecule has 2 fully saturated rings. The molecule has 5 heteroatoms. The van der Waals surface area contributed by atoms with Crippen molar-refractivity contribution in [3.8, 4) is 0 Å². The Hall–Kier alpha value is -1.26. The van der Waals surface area contributed by atoms with E-state index in [1.807, 2.05) is 0 Å². The number of hydrogen-bond donors (Lipinski definition) is 3. The van der Waals surface area contributed by atoms with Crippen LogP contribution in [-0.2, 0) is 4.79 Å². The smallest absolute Gasteiger partial charge is 0.315 e. The SMILES string of the molecule is CC1CCCC(NC(=O)NCC(=O)NC2CCCCC2)C1. The number of urea groups is 1. The van der Waals surface area contributed by atoms with E-state index in [1.165, 1.54) is 32.1 Å². The highest BCUT2D eigenvalue weighted by Crippen LogP contribution is 2.23. The Morgan fingerprint density at radius 3 is 2.33 bits per heavy atom. The van der Waals surface area contributed by atoms with Gasteiger partial charge in [-0.15, -0.1) is 0 Å². The molecule has 0 radical (unpaired) electrons. The first-order valence-corrected chi connectivity index (χ1v) is 8.47. The van der Waals surface area contributed by atoms with Crippen LogP contribution < -0.4 is 16.0 Å². The zero-order valence-corrected chi connectivity index (χ0v) is 13.1. The van der Waals surface area contributed by atoms with Gasteiger partial charge in [-0.25, -0.2) is 4.79 Å². The number of nitrogens with one attached hydrogen (secondary N) is 3. The number of rotatable bonds is 4. The van der Waals surface area contributed by atoms with Gasteiger partial charge in [0, 0.05) is 12.1 Å². The Labute approximate surface area is 127 Å². The van der Waals surface area contributed by atoms with Crippen LogP contribution in [0.25, 0.3) is 0 Å². The number of carbonyl (C=O) groups is 2. The summed E-state index contributed by atoms with van der Waals surface area (Å²) in [5.41, 5.74) is 0. The second-order valence-corrected chi connectivity index (χ2v) is 6.70. The van der Waals surface area contributed by atoms with Crippen LogP contribution in [-0.4, -0.2) is 30.6 Å². The first-order chi connectivity index (χ1) is 10.1. The van der Waals surface area contributed by atoms with Crippen LogP contribution in [0, 0.1) is 5.92 Å². The van der Waals surface area contributed by atoms with Gasteiger partial charge in [0.2, 0.25) is 5.91 Å². The Balaban J connectivity index is 1.60. The number of hydrogen-bond acceptors (Lipinski definition) is 2. The summed E-state index contributed by atoms with van der Waals surface area (Å²) in [6, 6.07) is 0.346. The fourth-order valence-corrected chi connectivity index (χ4v) is 3.49. The van der Waals surface area contributed by atoms with E-state index in [1.54, 1.807) is 0 Å². The lowest BCUT2D eigenvalue weighted by molar-refractivity contribution is -0.121. The summed E-state index contributed by atoms with van der Waals surface area (Å²) in [6.07, 6.45) is 10.3. The largest absolute Gasteiger partial charge is 0.352 e. The fraction of sp³-hybridized carbons (Fsp3) is 0.875. The molecule has 2 rings (SSSR count). The van der Waals surface area contributed by atoms with Gasteiger partial charge >= 0.3 is 6.03 Å². The molecule has 0 spiro atoms. The predicted molar refractivity (Wildman–Crippen MR) is 83.0 cm³/mol. The molecule has 0 aromatic carbocycles. The third-order valence-electron chi connectivity index (χ3n) is 4.65. The average Bonchev–Trinajstić information content (AvgIpc) is 2.46. The van der Waals surface area contributed by atoms with E-state index in [9.17, 15) is 9.59 Å². The predicted octanol–water partition coefficient (Wildman–Crippen LogP) is 2.31. The van der Waals surface area contributed by atoms with Crippen molar-refractivity contribution in [1.82, 2.24) is 16.0 Å². The molecular formula is C16H29N3O2. The first-order valence-electron chi connectivity index (χ1n) is 8.47. The molecule has 2 saturated carbocycles. The summed E-state index contributed by atoms with van der Waals surface area (Å²) >= 11 is 0. The normalized spacial score (nSPS) is 26.9. The maximum Gasteiger partial charge on any atom is 0.315 e. The summed E-state index contributed by atoms with van der Waals surface area (Å²) in [5.74, 6) is 0.604. The minimum atomic E-state index is -0.215. The quantitative estimate of drug-likeness (QED) is 0.745. The molecule has 5 nitrogen and oxygen atoms in total. The van der Waals surface area contributed by atoms with Crippen LogP contribution in [0.1, 0.15) is 64.7 Å². The van der Waals surface area contributed by atoms with Gasteiger partial charge in [-0.3, -0.25) is 4.79 Å². The lowest BCUT2D eigenvalue weighted by atomic mass is 9.87. The van der Waals surface area contributed by atoms with Gasteiger partial charge in [-0.1, -0.05) is 39.0 Å². The van der Waals surface area contributed by atoms with Gasteiger partial charge < -0.3 is 16.0 Å². The molecule has 0 bridgehead atoms. The standard InChI is InChI=1S/C16H29N3O2/c1-12-6-5-9-14(10-12)19-16(21)17-11-15(20)18-13-7-3-2-4-8-13/h12-14H,2-11H2,1H3,(H,18,20)(H2,17,19,21). The first kappa shape index (κ1) is 16.1. The zero-order valence-electron chi connectivity index (χ0n) is 13.1. The molecule has 120 valence electrons. The Morgan fingerprint density at radius 2 is 1.62 bits per heavy atom. The van der Waals surface area contributed by atoms with Crippen molar-refractivity contribution in [2.75, 3.05) is 6.54 Å². The summed E-state index contributed by atoms with van der Waals surface area (Å²) in [5, 5.41) is 8.65. The van der Waals surface area contributed by atoms with Crippen molar-refractivity contribution in [1.29, 1.82) is 0 Å². The monoisotopic (exact) mass is 295 g/mol. The minimum Gasteiger partial charge on any atom is -0.352 e. The Bertz CT molecular complexity index is 353. The molecule has 3 amide bonds. The number of carbonyl (C=O) groups excluding carboxylic acids is 2. The molecule has 0 aromatic heterocycles. The van der Waals surface area contributed by atoms with E-state index in [0.29, 0.717) is 12.0 Å². The molecular weight excluding hydrogens is 266 g/mol. The molecule has 2 unspecified atom stereocenters. The van der Waals surface area contributed by atoms with Crippen molar-refractivity contribution in [3.05, 3.63) is 0 Å². The van der Waals surface area contributed by atoms with Gasteiger partial charge in [0.05, 0.1) is 6.54 Å². The van der Waals surface area contributed by atoms with Crippen LogP contribution in [0.4, 0.5) is 4.79 Å². The molecule has 0 saturated heterocycles. The topological polar surface area (TPSA) is 70.2 Å². The zero-order chi connectivity index (χ0) is 15.1. The second-order valence-electron chi connectivity index (χ2n) is 6.70. The minimum absolute atomic E-state index is 0.0740. The molecule has 0 heterocycles. The van der Waals surface area contributed by atoms with E-state index >= 15 is 0 Å². The highest BCUT2D eigenvalue weighted by molar-refractivity contribution is 5.84. The second kappa shape index (κ2) is 8.25. The van der Waals surface area contributed by atoms with E-state index < -0.39 is 0 Å².